The number of amides is 1. The molecule has 0 aliphatic rings. The number of hydrogen-bond acceptors (Lipinski definition) is 4. The van der Waals surface area contributed by atoms with Gasteiger partial charge in [0, 0.05) is 31.0 Å². The van der Waals surface area contributed by atoms with Crippen LogP contribution in [0.3, 0.4) is 0 Å². The van der Waals surface area contributed by atoms with Gasteiger partial charge in [-0.2, -0.15) is 0 Å². The van der Waals surface area contributed by atoms with Crippen LogP contribution in [0.15, 0.2) is 67.3 Å². The Labute approximate surface area is 156 Å². The predicted molar refractivity (Wildman–Crippen MR) is 102 cm³/mol. The molecule has 2 aromatic carbocycles. The fourth-order valence-corrected chi connectivity index (χ4v) is 2.95. The Balaban J connectivity index is 1.32. The molecule has 4 aromatic rings. The number of para-hydroxylation sites is 1. The predicted octanol–water partition coefficient (Wildman–Crippen LogP) is 2.50. The first-order chi connectivity index (χ1) is 13.3. The van der Waals surface area contributed by atoms with Crippen LogP contribution in [-0.2, 0) is 13.1 Å². The monoisotopic (exact) mass is 360 g/mol. The van der Waals surface area contributed by atoms with Crippen molar-refractivity contribution in [3.63, 3.8) is 0 Å². The van der Waals surface area contributed by atoms with E-state index in [0.717, 1.165) is 29.6 Å². The number of aromatic nitrogens is 5. The summed E-state index contributed by atoms with van der Waals surface area (Å²) in [6, 6.07) is 15.5. The lowest BCUT2D eigenvalue weighted by atomic mass is 10.1. The number of benzene rings is 2. The molecule has 0 unspecified atom stereocenters. The smallest absolute Gasteiger partial charge is 0.251 e. The summed E-state index contributed by atoms with van der Waals surface area (Å²) in [6.45, 7) is 2.09. The summed E-state index contributed by atoms with van der Waals surface area (Å²) in [5.41, 5.74) is 3.61. The Morgan fingerprint density at radius 3 is 2.74 bits per heavy atom. The van der Waals surface area contributed by atoms with Gasteiger partial charge in [0.15, 0.2) is 0 Å². The zero-order valence-electron chi connectivity index (χ0n) is 14.8. The number of rotatable bonds is 7. The van der Waals surface area contributed by atoms with Gasteiger partial charge in [0.2, 0.25) is 0 Å². The Kier molecular flexibility index (Phi) is 4.91. The van der Waals surface area contributed by atoms with E-state index in [-0.39, 0.29) is 5.91 Å². The summed E-state index contributed by atoms with van der Waals surface area (Å²) < 4.78 is 3.86. The molecular formula is C20H20N6O. The van der Waals surface area contributed by atoms with Crippen LogP contribution in [0, 0.1) is 0 Å². The van der Waals surface area contributed by atoms with E-state index in [0.29, 0.717) is 18.7 Å². The largest absolute Gasteiger partial charge is 0.352 e. The number of nitrogens with zero attached hydrogens (tertiary/aromatic N) is 5. The van der Waals surface area contributed by atoms with Crippen LogP contribution in [-0.4, -0.2) is 37.0 Å². The van der Waals surface area contributed by atoms with Crippen LogP contribution in [0.1, 0.15) is 22.3 Å². The van der Waals surface area contributed by atoms with Crippen molar-refractivity contribution in [1.29, 1.82) is 0 Å². The third kappa shape index (κ3) is 4.03. The molecule has 0 fully saturated rings. The summed E-state index contributed by atoms with van der Waals surface area (Å²) in [6.07, 6.45) is 6.31. The van der Waals surface area contributed by atoms with Crippen molar-refractivity contribution in [1.82, 2.24) is 29.9 Å². The fraction of sp³-hybridized carbons (Fsp3) is 0.200. The molecule has 27 heavy (non-hydrogen) atoms. The molecule has 2 heterocycles. The van der Waals surface area contributed by atoms with Gasteiger partial charge >= 0.3 is 0 Å². The standard InChI is InChI=1S/C20H20N6O/c27-20(22-10-3-12-25-13-11-21-15-25)17-8-6-16(7-9-17)14-26-19-5-2-1-4-18(19)23-24-26/h1-2,4-9,11,13,15H,3,10,12,14H2,(H,22,27). The minimum absolute atomic E-state index is 0.0570. The second-order valence-corrected chi connectivity index (χ2v) is 6.34. The number of carbonyl (C=O) groups is 1. The van der Waals surface area contributed by atoms with E-state index in [9.17, 15) is 4.79 Å². The lowest BCUT2D eigenvalue weighted by Gasteiger charge is -2.07. The Bertz CT molecular complexity index is 1020. The van der Waals surface area contributed by atoms with Crippen molar-refractivity contribution in [2.75, 3.05) is 6.54 Å². The van der Waals surface area contributed by atoms with Crippen molar-refractivity contribution in [2.45, 2.75) is 19.5 Å². The average molecular weight is 360 g/mol. The van der Waals surface area contributed by atoms with Gasteiger partial charge in [-0.05, 0) is 36.2 Å². The van der Waals surface area contributed by atoms with Gasteiger partial charge in [-0.15, -0.1) is 5.10 Å². The number of imidazole rings is 1. The van der Waals surface area contributed by atoms with E-state index >= 15 is 0 Å². The summed E-state index contributed by atoms with van der Waals surface area (Å²) in [5, 5.41) is 11.3. The highest BCUT2D eigenvalue weighted by Crippen LogP contribution is 2.13. The van der Waals surface area contributed by atoms with E-state index in [1.54, 1.807) is 12.5 Å². The molecule has 4 rings (SSSR count). The van der Waals surface area contributed by atoms with Crippen LogP contribution < -0.4 is 5.32 Å². The van der Waals surface area contributed by atoms with Crippen LogP contribution in [0.5, 0.6) is 0 Å². The molecule has 7 heteroatoms. The molecule has 2 aromatic heterocycles. The number of aryl methyl sites for hydroxylation is 1. The van der Waals surface area contributed by atoms with Gasteiger partial charge in [0.25, 0.3) is 5.91 Å². The second kappa shape index (κ2) is 7.82. The van der Waals surface area contributed by atoms with E-state index in [1.807, 2.05) is 64.0 Å². The van der Waals surface area contributed by atoms with E-state index in [4.69, 9.17) is 0 Å². The molecule has 0 atom stereocenters. The molecule has 7 nitrogen and oxygen atoms in total. The summed E-state index contributed by atoms with van der Waals surface area (Å²) in [4.78, 5) is 16.3. The molecule has 0 radical (unpaired) electrons. The lowest BCUT2D eigenvalue weighted by Crippen LogP contribution is -2.25. The van der Waals surface area contributed by atoms with Crippen molar-refractivity contribution in [3.05, 3.63) is 78.4 Å². The van der Waals surface area contributed by atoms with Crippen molar-refractivity contribution < 1.29 is 4.79 Å². The average Bonchev–Trinajstić information content (AvgIpc) is 3.36. The molecule has 0 spiro atoms. The van der Waals surface area contributed by atoms with Crippen LogP contribution in [0.25, 0.3) is 11.0 Å². The Hall–Kier alpha value is -3.48. The summed E-state index contributed by atoms with van der Waals surface area (Å²) in [7, 11) is 0. The van der Waals surface area contributed by atoms with Crippen molar-refractivity contribution in [2.24, 2.45) is 0 Å². The highest BCUT2D eigenvalue weighted by atomic mass is 16.1. The number of fused-ring (bicyclic) bond motifs is 1. The van der Waals surface area contributed by atoms with Gasteiger partial charge in [0.05, 0.1) is 18.4 Å². The first-order valence-corrected chi connectivity index (χ1v) is 8.91. The minimum Gasteiger partial charge on any atom is -0.352 e. The van der Waals surface area contributed by atoms with E-state index in [1.165, 1.54) is 0 Å². The summed E-state index contributed by atoms with van der Waals surface area (Å²) >= 11 is 0. The second-order valence-electron chi connectivity index (χ2n) is 6.34. The van der Waals surface area contributed by atoms with Gasteiger partial charge in [-0.3, -0.25) is 4.79 Å². The van der Waals surface area contributed by atoms with Crippen LogP contribution >= 0.6 is 0 Å². The van der Waals surface area contributed by atoms with Crippen molar-refractivity contribution >= 4 is 16.9 Å². The maximum atomic E-state index is 12.3. The van der Waals surface area contributed by atoms with Gasteiger partial charge in [0.1, 0.15) is 5.52 Å². The molecule has 0 saturated heterocycles. The van der Waals surface area contributed by atoms with E-state index in [2.05, 4.69) is 20.6 Å². The normalized spacial score (nSPS) is 11.0. The fourth-order valence-electron chi connectivity index (χ4n) is 2.95. The first kappa shape index (κ1) is 17.0. The molecule has 1 N–H and O–H groups in total. The number of nitrogens with one attached hydrogen (secondary N) is 1. The van der Waals surface area contributed by atoms with E-state index < -0.39 is 0 Å². The number of hydrogen-bond donors (Lipinski definition) is 1. The SMILES string of the molecule is O=C(NCCCn1ccnc1)c1ccc(Cn2nnc3ccccc32)cc1. The Morgan fingerprint density at radius 1 is 1.07 bits per heavy atom. The quantitative estimate of drug-likeness (QED) is 0.514. The lowest BCUT2D eigenvalue weighted by molar-refractivity contribution is 0.0952. The molecule has 0 bridgehead atoms. The maximum absolute atomic E-state index is 12.3. The molecule has 0 aliphatic heterocycles. The third-order valence-corrected chi connectivity index (χ3v) is 4.41. The van der Waals surface area contributed by atoms with Gasteiger partial charge < -0.3 is 9.88 Å². The van der Waals surface area contributed by atoms with Crippen LogP contribution in [0.4, 0.5) is 0 Å². The topological polar surface area (TPSA) is 77.6 Å². The Morgan fingerprint density at radius 2 is 1.93 bits per heavy atom. The van der Waals surface area contributed by atoms with Gasteiger partial charge in [-0.1, -0.05) is 29.5 Å². The zero-order chi connectivity index (χ0) is 18.5. The first-order valence-electron chi connectivity index (χ1n) is 8.91. The van der Waals surface area contributed by atoms with Crippen molar-refractivity contribution in [3.8, 4) is 0 Å². The van der Waals surface area contributed by atoms with Crippen LogP contribution in [0.2, 0.25) is 0 Å². The molecular weight excluding hydrogens is 340 g/mol. The number of carbonyl (C=O) groups excluding carboxylic acids is 1. The molecule has 0 saturated carbocycles. The van der Waals surface area contributed by atoms with Gasteiger partial charge in [-0.25, -0.2) is 9.67 Å². The summed E-state index contributed by atoms with van der Waals surface area (Å²) in [5.74, 6) is -0.0570. The maximum Gasteiger partial charge on any atom is 0.251 e. The highest BCUT2D eigenvalue weighted by Gasteiger charge is 2.07. The highest BCUT2D eigenvalue weighted by molar-refractivity contribution is 5.94. The minimum atomic E-state index is -0.0570. The molecule has 1 amide bonds. The molecule has 136 valence electrons. The zero-order valence-corrected chi connectivity index (χ0v) is 14.8. The molecule has 0 aliphatic carbocycles. The third-order valence-electron chi connectivity index (χ3n) is 4.41.